The van der Waals surface area contributed by atoms with Crippen LogP contribution in [0, 0.1) is 0 Å². The molecule has 4 nitrogen and oxygen atoms in total. The smallest absolute Gasteiger partial charge is 0.319 e. The molecular formula is C17H14ClN3OS. The van der Waals surface area contributed by atoms with Crippen molar-refractivity contribution in [3.05, 3.63) is 70.0 Å². The van der Waals surface area contributed by atoms with E-state index in [-0.39, 0.29) is 6.03 Å². The van der Waals surface area contributed by atoms with Crippen molar-refractivity contribution in [2.45, 2.75) is 6.54 Å². The van der Waals surface area contributed by atoms with Crippen LogP contribution in [-0.4, -0.2) is 11.0 Å². The minimum atomic E-state index is -0.285. The van der Waals surface area contributed by atoms with Crippen molar-refractivity contribution < 1.29 is 4.79 Å². The highest BCUT2D eigenvalue weighted by Gasteiger charge is 2.08. The van der Waals surface area contributed by atoms with Crippen LogP contribution in [-0.2, 0) is 6.54 Å². The first-order chi connectivity index (χ1) is 11.2. The molecule has 6 heteroatoms. The van der Waals surface area contributed by atoms with Crippen LogP contribution in [0.4, 0.5) is 10.5 Å². The number of nitrogens with zero attached hydrogens (tertiary/aromatic N) is 1. The van der Waals surface area contributed by atoms with Gasteiger partial charge < -0.3 is 10.6 Å². The van der Waals surface area contributed by atoms with E-state index in [9.17, 15) is 4.79 Å². The number of thiophene rings is 1. The number of pyridine rings is 1. The molecule has 0 aliphatic carbocycles. The minimum Gasteiger partial charge on any atom is -0.334 e. The van der Waals surface area contributed by atoms with Crippen LogP contribution in [0.2, 0.25) is 5.02 Å². The number of carbonyl (C=O) groups is 1. The number of halogens is 1. The zero-order valence-electron chi connectivity index (χ0n) is 12.1. The summed E-state index contributed by atoms with van der Waals surface area (Å²) in [5, 5.41) is 10.2. The quantitative estimate of drug-likeness (QED) is 0.716. The number of carbonyl (C=O) groups excluding carboxylic acids is 1. The van der Waals surface area contributed by atoms with Gasteiger partial charge in [-0.15, -0.1) is 0 Å². The molecule has 3 rings (SSSR count). The van der Waals surface area contributed by atoms with Gasteiger partial charge in [-0.3, -0.25) is 4.98 Å². The number of rotatable bonds is 4. The van der Waals surface area contributed by atoms with Crippen LogP contribution in [0.25, 0.3) is 11.3 Å². The van der Waals surface area contributed by atoms with Crippen molar-refractivity contribution in [2.24, 2.45) is 0 Å². The van der Waals surface area contributed by atoms with Gasteiger partial charge in [0.15, 0.2) is 0 Å². The van der Waals surface area contributed by atoms with Crippen LogP contribution in [0.5, 0.6) is 0 Å². The first-order valence-electron chi connectivity index (χ1n) is 6.99. The molecular weight excluding hydrogens is 330 g/mol. The van der Waals surface area contributed by atoms with Crippen molar-refractivity contribution in [3.63, 3.8) is 0 Å². The maximum atomic E-state index is 12.0. The zero-order chi connectivity index (χ0) is 16.1. The summed E-state index contributed by atoms with van der Waals surface area (Å²) in [6.07, 6.45) is 1.75. The molecule has 0 spiro atoms. The molecule has 2 amide bonds. The molecule has 2 aromatic heterocycles. The molecule has 0 aliphatic heterocycles. The van der Waals surface area contributed by atoms with Crippen LogP contribution < -0.4 is 10.6 Å². The van der Waals surface area contributed by atoms with E-state index in [0.717, 1.165) is 16.8 Å². The van der Waals surface area contributed by atoms with Crippen molar-refractivity contribution >= 4 is 34.7 Å². The van der Waals surface area contributed by atoms with Crippen molar-refractivity contribution in [2.75, 3.05) is 5.32 Å². The third kappa shape index (κ3) is 4.09. The molecule has 0 bridgehead atoms. The third-order valence-corrected chi connectivity index (χ3v) is 4.13. The van der Waals surface area contributed by atoms with Gasteiger partial charge in [0.25, 0.3) is 0 Å². The SMILES string of the molecule is O=C(NCc1cccnc1-c1ccsc1)Nc1cccc(Cl)c1. The monoisotopic (exact) mass is 343 g/mol. The number of hydrogen-bond donors (Lipinski definition) is 2. The fraction of sp³-hybridized carbons (Fsp3) is 0.0588. The summed E-state index contributed by atoms with van der Waals surface area (Å²) in [6.45, 7) is 0.394. The molecule has 0 unspecified atom stereocenters. The third-order valence-electron chi connectivity index (χ3n) is 3.21. The van der Waals surface area contributed by atoms with Gasteiger partial charge in [-0.1, -0.05) is 23.7 Å². The Hall–Kier alpha value is -2.37. The number of nitrogens with one attached hydrogen (secondary N) is 2. The normalized spacial score (nSPS) is 10.3. The van der Waals surface area contributed by atoms with Gasteiger partial charge in [-0.25, -0.2) is 4.79 Å². The number of aromatic nitrogens is 1. The summed E-state index contributed by atoms with van der Waals surface area (Å²) in [5.41, 5.74) is 3.56. The second kappa shape index (κ2) is 7.26. The van der Waals surface area contributed by atoms with Gasteiger partial charge in [0.1, 0.15) is 0 Å². The lowest BCUT2D eigenvalue weighted by Gasteiger charge is -2.10. The summed E-state index contributed by atoms with van der Waals surface area (Å²) < 4.78 is 0. The Labute approximate surface area is 143 Å². The van der Waals surface area contributed by atoms with E-state index in [1.165, 1.54) is 0 Å². The van der Waals surface area contributed by atoms with E-state index in [1.807, 2.05) is 29.0 Å². The lowest BCUT2D eigenvalue weighted by Crippen LogP contribution is -2.28. The number of hydrogen-bond acceptors (Lipinski definition) is 3. The van der Waals surface area contributed by atoms with Gasteiger partial charge in [0, 0.05) is 34.4 Å². The fourth-order valence-corrected chi connectivity index (χ4v) is 2.99. The van der Waals surface area contributed by atoms with E-state index in [2.05, 4.69) is 15.6 Å². The van der Waals surface area contributed by atoms with Gasteiger partial charge in [-0.2, -0.15) is 11.3 Å². The fourth-order valence-electron chi connectivity index (χ4n) is 2.16. The number of anilines is 1. The standard InChI is InChI=1S/C17H14ClN3OS/c18-14-4-1-5-15(9-14)21-17(22)20-10-12-3-2-7-19-16(12)13-6-8-23-11-13/h1-9,11H,10H2,(H2,20,21,22). The first-order valence-corrected chi connectivity index (χ1v) is 8.31. The van der Waals surface area contributed by atoms with Crippen LogP contribution in [0.3, 0.4) is 0 Å². The van der Waals surface area contributed by atoms with E-state index in [0.29, 0.717) is 17.3 Å². The Balaban J connectivity index is 1.66. The lowest BCUT2D eigenvalue weighted by molar-refractivity contribution is 0.252. The average Bonchev–Trinajstić information content (AvgIpc) is 3.07. The van der Waals surface area contributed by atoms with Gasteiger partial charge in [0.2, 0.25) is 0 Å². The van der Waals surface area contributed by atoms with Crippen molar-refractivity contribution in [1.29, 1.82) is 0 Å². The summed E-state index contributed by atoms with van der Waals surface area (Å²) in [7, 11) is 0. The summed E-state index contributed by atoms with van der Waals surface area (Å²) in [5.74, 6) is 0. The molecule has 2 heterocycles. The Morgan fingerprint density at radius 1 is 1.22 bits per heavy atom. The van der Waals surface area contributed by atoms with E-state index in [4.69, 9.17) is 11.6 Å². The van der Waals surface area contributed by atoms with E-state index in [1.54, 1.807) is 41.8 Å². The van der Waals surface area contributed by atoms with Gasteiger partial charge >= 0.3 is 6.03 Å². The first kappa shape index (κ1) is 15.5. The van der Waals surface area contributed by atoms with Crippen LogP contribution >= 0.6 is 22.9 Å². The number of urea groups is 1. The average molecular weight is 344 g/mol. The predicted octanol–water partition coefficient (Wildman–Crippen LogP) is 4.79. The molecule has 0 atom stereocenters. The van der Waals surface area contributed by atoms with Crippen LogP contribution in [0.15, 0.2) is 59.4 Å². The summed E-state index contributed by atoms with van der Waals surface area (Å²) >= 11 is 7.52. The number of amides is 2. The predicted molar refractivity (Wildman–Crippen MR) is 94.9 cm³/mol. The Morgan fingerprint density at radius 3 is 2.91 bits per heavy atom. The second-order valence-corrected chi connectivity index (χ2v) is 6.06. The highest BCUT2D eigenvalue weighted by Crippen LogP contribution is 2.23. The van der Waals surface area contributed by atoms with Crippen molar-refractivity contribution in [1.82, 2.24) is 10.3 Å². The Morgan fingerprint density at radius 2 is 2.13 bits per heavy atom. The second-order valence-electron chi connectivity index (χ2n) is 4.84. The van der Waals surface area contributed by atoms with Crippen molar-refractivity contribution in [3.8, 4) is 11.3 Å². The highest BCUT2D eigenvalue weighted by atomic mass is 35.5. The van der Waals surface area contributed by atoms with Gasteiger partial charge in [-0.05, 0) is 41.3 Å². The largest absolute Gasteiger partial charge is 0.334 e. The molecule has 116 valence electrons. The highest BCUT2D eigenvalue weighted by molar-refractivity contribution is 7.08. The molecule has 1 aromatic carbocycles. The molecule has 0 aliphatic rings. The number of benzene rings is 1. The summed E-state index contributed by atoms with van der Waals surface area (Å²) in [4.78, 5) is 16.4. The Bertz CT molecular complexity index is 805. The van der Waals surface area contributed by atoms with E-state index >= 15 is 0 Å². The minimum absolute atomic E-state index is 0.285. The topological polar surface area (TPSA) is 54.0 Å². The van der Waals surface area contributed by atoms with Gasteiger partial charge in [0.05, 0.1) is 5.69 Å². The molecule has 0 saturated heterocycles. The zero-order valence-corrected chi connectivity index (χ0v) is 13.7. The molecule has 0 radical (unpaired) electrons. The summed E-state index contributed by atoms with van der Waals surface area (Å²) in [6, 6.07) is 12.6. The maximum Gasteiger partial charge on any atom is 0.319 e. The maximum absolute atomic E-state index is 12.0. The molecule has 0 saturated carbocycles. The van der Waals surface area contributed by atoms with Crippen LogP contribution in [0.1, 0.15) is 5.56 Å². The van der Waals surface area contributed by atoms with E-state index < -0.39 is 0 Å². The molecule has 0 fully saturated rings. The molecule has 2 N–H and O–H groups in total. The lowest BCUT2D eigenvalue weighted by atomic mass is 10.1. The molecule has 23 heavy (non-hydrogen) atoms. The molecule has 3 aromatic rings. The Kier molecular flexibility index (Phi) is 4.90.